The van der Waals surface area contributed by atoms with Crippen molar-refractivity contribution >= 4 is 27.7 Å². The fraction of sp³-hybridized carbons (Fsp3) is 0.417. The molecule has 88 valence electrons. The van der Waals surface area contributed by atoms with E-state index in [1.807, 2.05) is 20.8 Å². The normalized spacial score (nSPS) is 18.8. The van der Waals surface area contributed by atoms with Crippen LogP contribution in [0.15, 0.2) is 6.20 Å². The van der Waals surface area contributed by atoms with Gasteiger partial charge in [0.25, 0.3) is 0 Å². The molecule has 17 heavy (non-hydrogen) atoms. The molecule has 0 aromatic carbocycles. The fourth-order valence-electron chi connectivity index (χ4n) is 2.16. The predicted molar refractivity (Wildman–Crippen MR) is 65.1 cm³/mol. The molecule has 0 N–H and O–H groups in total. The third-order valence-corrected chi connectivity index (χ3v) is 3.80. The van der Waals surface area contributed by atoms with Crippen LogP contribution in [0.4, 0.5) is 0 Å². The number of ether oxygens (including phenoxy) is 1. The summed E-state index contributed by atoms with van der Waals surface area (Å²) in [6.45, 7) is 6.03. The number of nitrogens with zero attached hydrogens (tertiary/aromatic N) is 2. The van der Waals surface area contributed by atoms with Crippen LogP contribution in [0.2, 0.25) is 0 Å². The van der Waals surface area contributed by atoms with Gasteiger partial charge in [-0.1, -0.05) is 25.2 Å². The highest BCUT2D eigenvalue weighted by Crippen LogP contribution is 2.40. The largest absolute Gasteiger partial charge is 0.453 e. The molecule has 0 radical (unpaired) electrons. The van der Waals surface area contributed by atoms with Crippen molar-refractivity contribution in [3.05, 3.63) is 22.3 Å². The number of carbonyl (C=O) groups excluding carboxylic acids is 1. The molecule has 1 atom stereocenters. The number of cyclic esters (lactones) is 1. The van der Waals surface area contributed by atoms with Crippen molar-refractivity contribution in [1.82, 2.24) is 9.97 Å². The van der Waals surface area contributed by atoms with Crippen LogP contribution in [0.1, 0.15) is 40.9 Å². The molecule has 2 aromatic rings. The highest BCUT2D eigenvalue weighted by atomic mass is 32.1. The number of fused-ring (bicyclic) bond motifs is 3. The number of aromatic nitrogens is 2. The minimum Gasteiger partial charge on any atom is -0.453 e. The highest BCUT2D eigenvalue weighted by Gasteiger charge is 2.36. The number of pyridine rings is 1. The number of hydrogen-bond acceptors (Lipinski definition) is 5. The molecule has 5 heteroatoms. The van der Waals surface area contributed by atoms with Crippen molar-refractivity contribution in [1.29, 1.82) is 0 Å². The first kappa shape index (κ1) is 10.7. The quantitative estimate of drug-likeness (QED) is 0.728. The van der Waals surface area contributed by atoms with E-state index in [2.05, 4.69) is 9.97 Å². The Hall–Kier alpha value is -1.49. The van der Waals surface area contributed by atoms with Crippen molar-refractivity contribution in [2.45, 2.75) is 26.9 Å². The van der Waals surface area contributed by atoms with E-state index in [1.165, 1.54) is 0 Å². The van der Waals surface area contributed by atoms with Crippen LogP contribution in [0.5, 0.6) is 0 Å². The standard InChI is InChI=1S/C12H12N2O2S/c1-5(2)10-8-7(12(15)16-10)4-13-11-9(8)14-6(3)17-11/h4-5,10H,1-3H3. The van der Waals surface area contributed by atoms with Gasteiger partial charge in [-0.25, -0.2) is 14.8 Å². The van der Waals surface area contributed by atoms with Crippen LogP contribution in [-0.4, -0.2) is 15.9 Å². The molecular formula is C12H12N2O2S. The van der Waals surface area contributed by atoms with Gasteiger partial charge in [0.2, 0.25) is 0 Å². The van der Waals surface area contributed by atoms with Crippen molar-refractivity contribution in [2.24, 2.45) is 5.92 Å². The van der Waals surface area contributed by atoms with Crippen molar-refractivity contribution in [3.8, 4) is 0 Å². The summed E-state index contributed by atoms with van der Waals surface area (Å²) in [6, 6.07) is 0. The van der Waals surface area contributed by atoms with E-state index < -0.39 is 0 Å². The van der Waals surface area contributed by atoms with Gasteiger partial charge < -0.3 is 4.74 Å². The summed E-state index contributed by atoms with van der Waals surface area (Å²) in [4.78, 5) is 21.4. The van der Waals surface area contributed by atoms with Crippen molar-refractivity contribution in [2.75, 3.05) is 0 Å². The van der Waals surface area contributed by atoms with Crippen molar-refractivity contribution < 1.29 is 9.53 Å². The maximum absolute atomic E-state index is 11.7. The van der Waals surface area contributed by atoms with Crippen LogP contribution in [0.25, 0.3) is 10.3 Å². The Bertz CT molecular complexity index is 618. The minimum atomic E-state index is -0.279. The number of aryl methyl sites for hydroxylation is 1. The highest BCUT2D eigenvalue weighted by molar-refractivity contribution is 7.18. The van der Waals surface area contributed by atoms with Gasteiger partial charge in [-0.2, -0.15) is 0 Å². The van der Waals surface area contributed by atoms with Crippen LogP contribution in [-0.2, 0) is 4.74 Å². The van der Waals surface area contributed by atoms with E-state index in [0.717, 1.165) is 20.9 Å². The zero-order chi connectivity index (χ0) is 12.2. The Kier molecular flexibility index (Phi) is 2.19. The van der Waals surface area contributed by atoms with E-state index in [4.69, 9.17) is 4.74 Å². The number of thiazole rings is 1. The first-order chi connectivity index (χ1) is 8.08. The Morgan fingerprint density at radius 3 is 2.94 bits per heavy atom. The monoisotopic (exact) mass is 248 g/mol. The van der Waals surface area contributed by atoms with E-state index in [9.17, 15) is 4.79 Å². The zero-order valence-electron chi connectivity index (χ0n) is 9.85. The van der Waals surface area contributed by atoms with E-state index in [1.54, 1.807) is 17.5 Å². The molecular weight excluding hydrogens is 236 g/mol. The first-order valence-corrected chi connectivity index (χ1v) is 6.36. The fourth-order valence-corrected chi connectivity index (χ4v) is 2.93. The Labute approximate surface area is 103 Å². The van der Waals surface area contributed by atoms with Gasteiger partial charge in [-0.05, 0) is 12.8 Å². The van der Waals surface area contributed by atoms with Gasteiger partial charge in [0.15, 0.2) is 0 Å². The molecule has 1 aliphatic heterocycles. The molecule has 3 heterocycles. The molecule has 0 amide bonds. The topological polar surface area (TPSA) is 52.1 Å². The summed E-state index contributed by atoms with van der Waals surface area (Å²) in [6.07, 6.45) is 1.42. The van der Waals surface area contributed by atoms with Crippen molar-refractivity contribution in [3.63, 3.8) is 0 Å². The molecule has 1 aliphatic rings. The van der Waals surface area contributed by atoms with Gasteiger partial charge in [-0.3, -0.25) is 0 Å². The Balaban J connectivity index is 2.33. The molecule has 2 aromatic heterocycles. The lowest BCUT2D eigenvalue weighted by Crippen LogP contribution is -2.06. The predicted octanol–water partition coefficient (Wildman–Crippen LogP) is 2.87. The average Bonchev–Trinajstić information content (AvgIpc) is 2.78. The van der Waals surface area contributed by atoms with E-state index >= 15 is 0 Å². The second-order valence-corrected chi connectivity index (χ2v) is 5.72. The summed E-state index contributed by atoms with van der Waals surface area (Å²) < 4.78 is 5.40. The molecule has 0 bridgehead atoms. The maximum atomic E-state index is 11.7. The molecule has 0 spiro atoms. The minimum absolute atomic E-state index is 0.190. The second kappa shape index (κ2) is 3.50. The van der Waals surface area contributed by atoms with Gasteiger partial charge >= 0.3 is 5.97 Å². The van der Waals surface area contributed by atoms with Crippen LogP contribution in [0.3, 0.4) is 0 Å². The van der Waals surface area contributed by atoms with Gasteiger partial charge in [0.1, 0.15) is 16.5 Å². The molecule has 0 fully saturated rings. The first-order valence-electron chi connectivity index (χ1n) is 5.55. The molecule has 1 unspecified atom stereocenters. The lowest BCUT2D eigenvalue weighted by molar-refractivity contribution is 0.0282. The zero-order valence-corrected chi connectivity index (χ0v) is 10.7. The number of hydrogen-bond donors (Lipinski definition) is 0. The number of esters is 1. The SMILES string of the molecule is Cc1nc2c3c(cnc2s1)C(=O)OC3C(C)C. The van der Waals surface area contributed by atoms with Crippen LogP contribution in [0, 0.1) is 12.8 Å². The molecule has 4 nitrogen and oxygen atoms in total. The molecule has 0 aliphatic carbocycles. The van der Waals surface area contributed by atoms with Crippen LogP contribution < -0.4 is 0 Å². The Morgan fingerprint density at radius 2 is 2.24 bits per heavy atom. The third-order valence-electron chi connectivity index (χ3n) is 2.92. The summed E-state index contributed by atoms with van der Waals surface area (Å²) in [5.74, 6) is -0.0356. The summed E-state index contributed by atoms with van der Waals surface area (Å²) in [5, 5.41) is 0.961. The number of rotatable bonds is 1. The van der Waals surface area contributed by atoms with Gasteiger partial charge in [-0.15, -0.1) is 0 Å². The van der Waals surface area contributed by atoms with E-state index in [-0.39, 0.29) is 18.0 Å². The molecule has 0 saturated carbocycles. The number of carbonyl (C=O) groups is 1. The smallest absolute Gasteiger partial charge is 0.340 e. The summed E-state index contributed by atoms with van der Waals surface area (Å²) in [7, 11) is 0. The van der Waals surface area contributed by atoms with E-state index in [0.29, 0.717) is 5.56 Å². The summed E-state index contributed by atoms with van der Waals surface area (Å²) in [5.41, 5.74) is 2.32. The lowest BCUT2D eigenvalue weighted by atomic mass is 9.98. The average molecular weight is 248 g/mol. The molecule has 3 rings (SSSR count). The van der Waals surface area contributed by atoms with Gasteiger partial charge in [0.05, 0.1) is 10.6 Å². The second-order valence-electron chi connectivity index (χ2n) is 4.54. The third kappa shape index (κ3) is 1.45. The maximum Gasteiger partial charge on any atom is 0.340 e. The lowest BCUT2D eigenvalue weighted by Gasteiger charge is -2.14. The van der Waals surface area contributed by atoms with Gasteiger partial charge in [0, 0.05) is 11.8 Å². The molecule has 0 saturated heterocycles. The van der Waals surface area contributed by atoms with Crippen LogP contribution >= 0.6 is 11.3 Å². The summed E-state index contributed by atoms with van der Waals surface area (Å²) >= 11 is 1.54. The Morgan fingerprint density at radius 1 is 1.47 bits per heavy atom.